The minimum atomic E-state index is 0.0827. The third-order valence-corrected chi connectivity index (χ3v) is 3.26. The standard InChI is InChI=1S/C13H19N3O/c1-10-5-12(8-15-7-10)13(17)16-4-2-3-11(6-14)9-16/h5,7-8,11H,2-4,6,9,14H2,1H3. The highest BCUT2D eigenvalue weighted by Crippen LogP contribution is 2.17. The maximum absolute atomic E-state index is 12.3. The topological polar surface area (TPSA) is 59.2 Å². The summed E-state index contributed by atoms with van der Waals surface area (Å²) >= 11 is 0. The first-order valence-electron chi connectivity index (χ1n) is 6.11. The van der Waals surface area contributed by atoms with E-state index in [1.54, 1.807) is 12.4 Å². The van der Waals surface area contributed by atoms with Crippen LogP contribution in [0.4, 0.5) is 0 Å². The van der Waals surface area contributed by atoms with Gasteiger partial charge in [0.2, 0.25) is 0 Å². The number of rotatable bonds is 2. The van der Waals surface area contributed by atoms with Crippen LogP contribution in [0.5, 0.6) is 0 Å². The molecular formula is C13H19N3O. The van der Waals surface area contributed by atoms with Gasteiger partial charge < -0.3 is 10.6 Å². The van der Waals surface area contributed by atoms with Gasteiger partial charge in [-0.3, -0.25) is 9.78 Å². The van der Waals surface area contributed by atoms with E-state index in [0.717, 1.165) is 31.5 Å². The molecule has 92 valence electrons. The molecule has 0 radical (unpaired) electrons. The number of amides is 1. The summed E-state index contributed by atoms with van der Waals surface area (Å²) in [6.07, 6.45) is 5.58. The van der Waals surface area contributed by atoms with Gasteiger partial charge in [-0.1, -0.05) is 0 Å². The Hall–Kier alpha value is -1.42. The summed E-state index contributed by atoms with van der Waals surface area (Å²) in [5.41, 5.74) is 7.38. The summed E-state index contributed by atoms with van der Waals surface area (Å²) in [5, 5.41) is 0. The molecule has 0 bridgehead atoms. The Morgan fingerprint density at radius 1 is 1.59 bits per heavy atom. The molecule has 0 saturated carbocycles. The van der Waals surface area contributed by atoms with Crippen molar-refractivity contribution in [1.29, 1.82) is 0 Å². The van der Waals surface area contributed by atoms with E-state index in [4.69, 9.17) is 5.73 Å². The average Bonchev–Trinajstić information content (AvgIpc) is 2.38. The van der Waals surface area contributed by atoms with E-state index >= 15 is 0 Å². The predicted molar refractivity (Wildman–Crippen MR) is 66.7 cm³/mol. The first-order valence-corrected chi connectivity index (χ1v) is 6.11. The highest BCUT2D eigenvalue weighted by molar-refractivity contribution is 5.94. The van der Waals surface area contributed by atoms with Crippen molar-refractivity contribution in [3.05, 3.63) is 29.6 Å². The second kappa shape index (κ2) is 5.27. The number of hydrogen-bond donors (Lipinski definition) is 1. The molecule has 0 aromatic carbocycles. The molecule has 1 amide bonds. The lowest BCUT2D eigenvalue weighted by Gasteiger charge is -2.32. The van der Waals surface area contributed by atoms with Crippen molar-refractivity contribution in [3.63, 3.8) is 0 Å². The van der Waals surface area contributed by atoms with Gasteiger partial charge in [-0.25, -0.2) is 0 Å². The van der Waals surface area contributed by atoms with Crippen LogP contribution in [0.1, 0.15) is 28.8 Å². The van der Waals surface area contributed by atoms with Crippen molar-refractivity contribution in [3.8, 4) is 0 Å². The Kier molecular flexibility index (Phi) is 3.74. The van der Waals surface area contributed by atoms with Crippen LogP contribution in [0.15, 0.2) is 18.5 Å². The lowest BCUT2D eigenvalue weighted by atomic mass is 9.98. The van der Waals surface area contributed by atoms with Gasteiger partial charge in [-0.2, -0.15) is 0 Å². The van der Waals surface area contributed by atoms with Crippen LogP contribution >= 0.6 is 0 Å². The van der Waals surface area contributed by atoms with Crippen LogP contribution in [0, 0.1) is 12.8 Å². The highest BCUT2D eigenvalue weighted by atomic mass is 16.2. The molecule has 2 rings (SSSR count). The van der Waals surface area contributed by atoms with E-state index in [2.05, 4.69) is 4.98 Å². The van der Waals surface area contributed by atoms with Crippen LogP contribution in [0.2, 0.25) is 0 Å². The fourth-order valence-electron chi connectivity index (χ4n) is 2.30. The Morgan fingerprint density at radius 2 is 2.41 bits per heavy atom. The number of aryl methyl sites for hydroxylation is 1. The van der Waals surface area contributed by atoms with Crippen LogP contribution in [0.3, 0.4) is 0 Å². The van der Waals surface area contributed by atoms with Gasteiger partial charge in [-0.05, 0) is 43.9 Å². The zero-order valence-electron chi connectivity index (χ0n) is 10.2. The summed E-state index contributed by atoms with van der Waals surface area (Å²) in [7, 11) is 0. The molecule has 0 spiro atoms. The van der Waals surface area contributed by atoms with Gasteiger partial charge in [-0.15, -0.1) is 0 Å². The number of aromatic nitrogens is 1. The molecule has 1 aromatic heterocycles. The van der Waals surface area contributed by atoms with E-state index in [1.165, 1.54) is 0 Å². The SMILES string of the molecule is Cc1cncc(C(=O)N2CCCC(CN)C2)c1. The van der Waals surface area contributed by atoms with E-state index in [1.807, 2.05) is 17.9 Å². The summed E-state index contributed by atoms with van der Waals surface area (Å²) in [4.78, 5) is 18.2. The van der Waals surface area contributed by atoms with E-state index < -0.39 is 0 Å². The molecule has 17 heavy (non-hydrogen) atoms. The molecule has 1 saturated heterocycles. The number of carbonyl (C=O) groups excluding carboxylic acids is 1. The Morgan fingerprint density at radius 3 is 3.12 bits per heavy atom. The Labute approximate surface area is 102 Å². The van der Waals surface area contributed by atoms with Gasteiger partial charge in [0, 0.05) is 25.5 Å². The fourth-order valence-corrected chi connectivity index (χ4v) is 2.30. The zero-order valence-corrected chi connectivity index (χ0v) is 10.2. The lowest BCUT2D eigenvalue weighted by molar-refractivity contribution is 0.0677. The Balaban J connectivity index is 2.09. The summed E-state index contributed by atoms with van der Waals surface area (Å²) < 4.78 is 0. The van der Waals surface area contributed by atoms with E-state index in [9.17, 15) is 4.79 Å². The molecule has 4 nitrogen and oxygen atoms in total. The van der Waals surface area contributed by atoms with Gasteiger partial charge in [0.1, 0.15) is 0 Å². The molecule has 1 fully saturated rings. The third-order valence-electron chi connectivity index (χ3n) is 3.26. The minimum Gasteiger partial charge on any atom is -0.338 e. The van der Waals surface area contributed by atoms with Crippen LogP contribution < -0.4 is 5.73 Å². The predicted octanol–water partition coefficient (Wildman–Crippen LogP) is 1.20. The van der Waals surface area contributed by atoms with Gasteiger partial charge in [0.05, 0.1) is 5.56 Å². The molecule has 2 heterocycles. The number of hydrogen-bond acceptors (Lipinski definition) is 3. The number of carbonyl (C=O) groups is 1. The van der Waals surface area contributed by atoms with Gasteiger partial charge in [0.15, 0.2) is 0 Å². The number of pyridine rings is 1. The number of likely N-dealkylation sites (tertiary alicyclic amines) is 1. The summed E-state index contributed by atoms with van der Waals surface area (Å²) in [5.74, 6) is 0.532. The van der Waals surface area contributed by atoms with Gasteiger partial charge >= 0.3 is 0 Å². The summed E-state index contributed by atoms with van der Waals surface area (Å²) in [6.45, 7) is 4.23. The van der Waals surface area contributed by atoms with Crippen molar-refractivity contribution in [2.24, 2.45) is 11.7 Å². The van der Waals surface area contributed by atoms with Crippen molar-refractivity contribution >= 4 is 5.91 Å². The lowest BCUT2D eigenvalue weighted by Crippen LogP contribution is -2.42. The molecule has 1 aliphatic heterocycles. The average molecular weight is 233 g/mol. The monoisotopic (exact) mass is 233 g/mol. The largest absolute Gasteiger partial charge is 0.338 e. The van der Waals surface area contributed by atoms with Crippen molar-refractivity contribution in [2.45, 2.75) is 19.8 Å². The molecule has 1 unspecified atom stereocenters. The maximum atomic E-state index is 12.3. The second-order valence-corrected chi connectivity index (χ2v) is 4.75. The van der Waals surface area contributed by atoms with Crippen LogP contribution in [-0.4, -0.2) is 35.4 Å². The second-order valence-electron chi connectivity index (χ2n) is 4.75. The molecular weight excluding hydrogens is 214 g/mol. The molecule has 1 aliphatic rings. The molecule has 0 aliphatic carbocycles. The van der Waals surface area contributed by atoms with Crippen molar-refractivity contribution < 1.29 is 4.79 Å². The van der Waals surface area contributed by atoms with Crippen LogP contribution in [-0.2, 0) is 0 Å². The molecule has 2 N–H and O–H groups in total. The smallest absolute Gasteiger partial charge is 0.255 e. The van der Waals surface area contributed by atoms with Crippen molar-refractivity contribution in [2.75, 3.05) is 19.6 Å². The number of nitrogens with two attached hydrogens (primary N) is 1. The quantitative estimate of drug-likeness (QED) is 0.835. The maximum Gasteiger partial charge on any atom is 0.255 e. The number of piperidine rings is 1. The molecule has 4 heteroatoms. The first-order chi connectivity index (χ1) is 8.20. The first kappa shape index (κ1) is 12.0. The van der Waals surface area contributed by atoms with Crippen molar-refractivity contribution in [1.82, 2.24) is 9.88 Å². The zero-order chi connectivity index (χ0) is 12.3. The third kappa shape index (κ3) is 2.82. The molecule has 1 atom stereocenters. The summed E-state index contributed by atoms with van der Waals surface area (Å²) in [6, 6.07) is 1.89. The highest BCUT2D eigenvalue weighted by Gasteiger charge is 2.23. The van der Waals surface area contributed by atoms with Gasteiger partial charge in [0.25, 0.3) is 5.91 Å². The normalized spacial score (nSPS) is 20.4. The minimum absolute atomic E-state index is 0.0827. The fraction of sp³-hybridized carbons (Fsp3) is 0.538. The van der Waals surface area contributed by atoms with Crippen LogP contribution in [0.25, 0.3) is 0 Å². The Bertz CT molecular complexity index is 405. The molecule has 1 aromatic rings. The van der Waals surface area contributed by atoms with E-state index in [-0.39, 0.29) is 5.91 Å². The number of nitrogens with zero attached hydrogens (tertiary/aromatic N) is 2. The van der Waals surface area contributed by atoms with E-state index in [0.29, 0.717) is 18.0 Å².